The molecule has 1 aliphatic rings. The SMILES string of the molecule is CC(C)C(C)NC(=O)CN1CCC(C(=O)O)C(C)C1. The Morgan fingerprint density at radius 2 is 2.00 bits per heavy atom. The lowest BCUT2D eigenvalue weighted by atomic mass is 9.87. The van der Waals surface area contributed by atoms with Gasteiger partial charge < -0.3 is 10.4 Å². The Bertz CT molecular complexity index is 331. The summed E-state index contributed by atoms with van der Waals surface area (Å²) in [6.45, 7) is 9.83. The number of piperidine rings is 1. The van der Waals surface area contributed by atoms with Crippen molar-refractivity contribution in [3.63, 3.8) is 0 Å². The molecule has 0 aliphatic carbocycles. The fraction of sp³-hybridized carbons (Fsp3) is 0.857. The van der Waals surface area contributed by atoms with Crippen molar-refractivity contribution in [3.8, 4) is 0 Å². The smallest absolute Gasteiger partial charge is 0.306 e. The van der Waals surface area contributed by atoms with Crippen molar-refractivity contribution in [3.05, 3.63) is 0 Å². The highest BCUT2D eigenvalue weighted by atomic mass is 16.4. The molecule has 0 aromatic heterocycles. The van der Waals surface area contributed by atoms with Gasteiger partial charge in [-0.05, 0) is 31.7 Å². The maximum atomic E-state index is 11.9. The number of nitrogens with one attached hydrogen (secondary N) is 1. The van der Waals surface area contributed by atoms with Crippen molar-refractivity contribution in [1.82, 2.24) is 10.2 Å². The highest BCUT2D eigenvalue weighted by molar-refractivity contribution is 5.78. The van der Waals surface area contributed by atoms with Crippen molar-refractivity contribution in [2.24, 2.45) is 17.8 Å². The Morgan fingerprint density at radius 1 is 1.37 bits per heavy atom. The molecule has 0 aromatic carbocycles. The van der Waals surface area contributed by atoms with Crippen LogP contribution in [0.2, 0.25) is 0 Å². The number of rotatable bonds is 5. The summed E-state index contributed by atoms with van der Waals surface area (Å²) < 4.78 is 0. The molecule has 0 radical (unpaired) electrons. The number of amides is 1. The number of carbonyl (C=O) groups is 2. The van der Waals surface area contributed by atoms with Crippen LogP contribution < -0.4 is 5.32 Å². The van der Waals surface area contributed by atoms with E-state index in [1.165, 1.54) is 0 Å². The molecule has 1 saturated heterocycles. The molecule has 3 unspecified atom stereocenters. The standard InChI is InChI=1S/C14H26N2O3/c1-9(2)11(4)15-13(17)8-16-6-5-12(14(18)19)10(3)7-16/h9-12H,5-8H2,1-4H3,(H,15,17)(H,18,19). The molecule has 5 nitrogen and oxygen atoms in total. The molecule has 3 atom stereocenters. The number of likely N-dealkylation sites (tertiary alicyclic amines) is 1. The van der Waals surface area contributed by atoms with Gasteiger partial charge in [-0.2, -0.15) is 0 Å². The van der Waals surface area contributed by atoms with Gasteiger partial charge in [-0.25, -0.2) is 0 Å². The van der Waals surface area contributed by atoms with Gasteiger partial charge in [0.25, 0.3) is 0 Å². The number of hydrogen-bond acceptors (Lipinski definition) is 3. The highest BCUT2D eigenvalue weighted by Crippen LogP contribution is 2.23. The van der Waals surface area contributed by atoms with Crippen LogP contribution >= 0.6 is 0 Å². The summed E-state index contributed by atoms with van der Waals surface area (Å²) in [5, 5.41) is 12.0. The molecule has 1 aliphatic heterocycles. The van der Waals surface area contributed by atoms with Gasteiger partial charge in [-0.1, -0.05) is 20.8 Å². The first-order valence-corrected chi connectivity index (χ1v) is 7.05. The van der Waals surface area contributed by atoms with Crippen molar-refractivity contribution in [2.45, 2.75) is 40.2 Å². The monoisotopic (exact) mass is 270 g/mol. The molecule has 19 heavy (non-hydrogen) atoms. The van der Waals surface area contributed by atoms with Crippen LogP contribution in [0.15, 0.2) is 0 Å². The van der Waals surface area contributed by atoms with E-state index in [2.05, 4.69) is 19.2 Å². The van der Waals surface area contributed by atoms with Gasteiger partial charge in [0, 0.05) is 12.6 Å². The Hall–Kier alpha value is -1.10. The predicted molar refractivity (Wildman–Crippen MR) is 73.8 cm³/mol. The lowest BCUT2D eigenvalue weighted by molar-refractivity contribution is -0.145. The average molecular weight is 270 g/mol. The number of carbonyl (C=O) groups excluding carboxylic acids is 1. The van der Waals surface area contributed by atoms with Crippen LogP contribution in [-0.4, -0.2) is 47.6 Å². The van der Waals surface area contributed by atoms with Gasteiger partial charge in [-0.15, -0.1) is 0 Å². The number of carboxylic acid groups (broad SMARTS) is 1. The fourth-order valence-corrected chi connectivity index (χ4v) is 2.41. The molecule has 0 aromatic rings. The van der Waals surface area contributed by atoms with Crippen LogP contribution in [0.5, 0.6) is 0 Å². The first kappa shape index (κ1) is 16.0. The lowest BCUT2D eigenvalue weighted by Gasteiger charge is -2.34. The molecule has 1 heterocycles. The van der Waals surface area contributed by atoms with E-state index >= 15 is 0 Å². The summed E-state index contributed by atoms with van der Waals surface area (Å²) in [5.41, 5.74) is 0. The Labute approximate surface area is 115 Å². The summed E-state index contributed by atoms with van der Waals surface area (Å²) in [7, 11) is 0. The Morgan fingerprint density at radius 3 is 2.47 bits per heavy atom. The van der Waals surface area contributed by atoms with Crippen LogP contribution in [0, 0.1) is 17.8 Å². The molecule has 1 rings (SSSR count). The molecule has 5 heteroatoms. The van der Waals surface area contributed by atoms with Crippen LogP contribution in [0.3, 0.4) is 0 Å². The number of carboxylic acids is 1. The second-order valence-corrected chi connectivity index (χ2v) is 6.05. The first-order chi connectivity index (χ1) is 8.81. The summed E-state index contributed by atoms with van der Waals surface area (Å²) in [5.74, 6) is -0.441. The number of aliphatic carboxylic acids is 1. The second kappa shape index (κ2) is 6.89. The van der Waals surface area contributed by atoms with Gasteiger partial charge >= 0.3 is 5.97 Å². The normalized spacial score (nSPS) is 26.2. The van der Waals surface area contributed by atoms with Gasteiger partial charge in [0.1, 0.15) is 0 Å². The van der Waals surface area contributed by atoms with E-state index in [-0.39, 0.29) is 23.8 Å². The summed E-state index contributed by atoms with van der Waals surface area (Å²) >= 11 is 0. The fourth-order valence-electron chi connectivity index (χ4n) is 2.41. The molecule has 2 N–H and O–H groups in total. The summed E-state index contributed by atoms with van der Waals surface area (Å²) in [6.07, 6.45) is 0.628. The van der Waals surface area contributed by atoms with Crippen LogP contribution in [0.4, 0.5) is 0 Å². The van der Waals surface area contributed by atoms with Crippen molar-refractivity contribution >= 4 is 11.9 Å². The summed E-state index contributed by atoms with van der Waals surface area (Å²) in [4.78, 5) is 24.9. The Kier molecular flexibility index (Phi) is 5.79. The zero-order valence-electron chi connectivity index (χ0n) is 12.3. The van der Waals surface area contributed by atoms with E-state index < -0.39 is 5.97 Å². The minimum Gasteiger partial charge on any atom is -0.481 e. The van der Waals surface area contributed by atoms with E-state index in [1.54, 1.807) is 0 Å². The molecule has 1 fully saturated rings. The quantitative estimate of drug-likeness (QED) is 0.787. The topological polar surface area (TPSA) is 69.6 Å². The van der Waals surface area contributed by atoms with Gasteiger partial charge in [0.2, 0.25) is 5.91 Å². The van der Waals surface area contributed by atoms with Gasteiger partial charge in [0.15, 0.2) is 0 Å². The maximum absolute atomic E-state index is 11.9. The van der Waals surface area contributed by atoms with Crippen LogP contribution in [-0.2, 0) is 9.59 Å². The molecule has 0 bridgehead atoms. The average Bonchev–Trinajstić information content (AvgIpc) is 2.27. The van der Waals surface area contributed by atoms with Gasteiger partial charge in [-0.3, -0.25) is 14.5 Å². The second-order valence-electron chi connectivity index (χ2n) is 6.05. The third kappa shape index (κ3) is 4.82. The van der Waals surface area contributed by atoms with Crippen molar-refractivity contribution in [2.75, 3.05) is 19.6 Å². The van der Waals surface area contributed by atoms with E-state index in [0.29, 0.717) is 32.0 Å². The molecule has 110 valence electrons. The van der Waals surface area contributed by atoms with Crippen LogP contribution in [0.25, 0.3) is 0 Å². The lowest BCUT2D eigenvalue weighted by Crippen LogP contribution is -2.48. The number of hydrogen-bond donors (Lipinski definition) is 2. The minimum absolute atomic E-state index is 0.0298. The zero-order chi connectivity index (χ0) is 14.6. The van der Waals surface area contributed by atoms with Gasteiger partial charge in [0.05, 0.1) is 12.5 Å². The molecule has 1 amide bonds. The third-order valence-electron chi connectivity index (χ3n) is 4.06. The summed E-state index contributed by atoms with van der Waals surface area (Å²) in [6, 6.07) is 0.168. The van der Waals surface area contributed by atoms with E-state index in [1.807, 2.05) is 18.7 Å². The van der Waals surface area contributed by atoms with Crippen LogP contribution in [0.1, 0.15) is 34.1 Å². The van der Waals surface area contributed by atoms with Crippen molar-refractivity contribution < 1.29 is 14.7 Å². The number of nitrogens with zero attached hydrogens (tertiary/aromatic N) is 1. The molecule has 0 spiro atoms. The zero-order valence-corrected chi connectivity index (χ0v) is 12.3. The maximum Gasteiger partial charge on any atom is 0.306 e. The largest absolute Gasteiger partial charge is 0.481 e. The molecular weight excluding hydrogens is 244 g/mol. The predicted octanol–water partition coefficient (Wildman–Crippen LogP) is 1.19. The minimum atomic E-state index is -0.718. The highest BCUT2D eigenvalue weighted by Gasteiger charge is 2.31. The van der Waals surface area contributed by atoms with E-state index in [4.69, 9.17) is 5.11 Å². The molecule has 0 saturated carbocycles. The third-order valence-corrected chi connectivity index (χ3v) is 4.06. The first-order valence-electron chi connectivity index (χ1n) is 7.05. The Balaban J connectivity index is 2.39. The van der Waals surface area contributed by atoms with E-state index in [9.17, 15) is 9.59 Å². The van der Waals surface area contributed by atoms with Crippen molar-refractivity contribution in [1.29, 1.82) is 0 Å². The van der Waals surface area contributed by atoms with E-state index in [0.717, 1.165) is 0 Å². The molecular formula is C14H26N2O3.